The van der Waals surface area contributed by atoms with Gasteiger partial charge in [0.15, 0.2) is 0 Å². The Morgan fingerprint density at radius 1 is 1.21 bits per heavy atom. The third-order valence-electron chi connectivity index (χ3n) is 1.93. The fraction of sp³-hybridized carbons (Fsp3) is 0.333. The van der Waals surface area contributed by atoms with Crippen molar-refractivity contribution in [2.24, 2.45) is 0 Å². The van der Waals surface area contributed by atoms with Crippen molar-refractivity contribution < 1.29 is 17.7 Å². The summed E-state index contributed by atoms with van der Waals surface area (Å²) in [5, 5.41) is 0. The molecule has 0 aliphatic heterocycles. The highest BCUT2D eigenvalue weighted by molar-refractivity contribution is 7.86. The smallest absolute Gasteiger partial charge is 0.295 e. The lowest BCUT2D eigenvalue weighted by atomic mass is 10.1. The number of rotatable bonds is 2. The molecule has 0 spiro atoms. The van der Waals surface area contributed by atoms with Crippen LogP contribution in [0.1, 0.15) is 11.1 Å². The van der Waals surface area contributed by atoms with Crippen molar-refractivity contribution in [3.63, 3.8) is 0 Å². The van der Waals surface area contributed by atoms with Crippen LogP contribution in [0.4, 0.5) is 0 Å². The molecule has 1 rings (SSSR count). The molecule has 0 unspecified atom stereocenters. The number of hydrogen-bond donors (Lipinski definition) is 1. The highest BCUT2D eigenvalue weighted by Crippen LogP contribution is 2.25. The van der Waals surface area contributed by atoms with Crippen molar-refractivity contribution in [2.45, 2.75) is 18.7 Å². The van der Waals surface area contributed by atoms with Crippen LogP contribution in [0.3, 0.4) is 0 Å². The summed E-state index contributed by atoms with van der Waals surface area (Å²) >= 11 is 0. The van der Waals surface area contributed by atoms with E-state index in [0.29, 0.717) is 16.9 Å². The first kappa shape index (κ1) is 11.0. The minimum atomic E-state index is -4.14. The number of aryl methyl sites for hydroxylation is 2. The topological polar surface area (TPSA) is 63.6 Å². The number of benzene rings is 1. The van der Waals surface area contributed by atoms with Gasteiger partial charge < -0.3 is 4.74 Å². The zero-order chi connectivity index (χ0) is 10.9. The van der Waals surface area contributed by atoms with E-state index in [2.05, 4.69) is 0 Å². The molecule has 78 valence electrons. The second-order valence-corrected chi connectivity index (χ2v) is 4.42. The Labute approximate surface area is 83.3 Å². The summed E-state index contributed by atoms with van der Waals surface area (Å²) in [6.07, 6.45) is 0. The van der Waals surface area contributed by atoms with Gasteiger partial charge in [0, 0.05) is 0 Å². The zero-order valence-electron chi connectivity index (χ0n) is 8.23. The summed E-state index contributed by atoms with van der Waals surface area (Å²) in [4.78, 5) is -0.0432. The van der Waals surface area contributed by atoms with E-state index in [1.807, 2.05) is 0 Å². The summed E-state index contributed by atoms with van der Waals surface area (Å²) in [5.74, 6) is 0.576. The van der Waals surface area contributed by atoms with Gasteiger partial charge in [-0.25, -0.2) is 0 Å². The first-order chi connectivity index (χ1) is 6.36. The number of ether oxygens (including phenoxy) is 1. The quantitative estimate of drug-likeness (QED) is 0.762. The van der Waals surface area contributed by atoms with E-state index in [4.69, 9.17) is 9.29 Å². The van der Waals surface area contributed by atoms with Crippen molar-refractivity contribution in [1.82, 2.24) is 0 Å². The molecular formula is C9H12O4S. The number of methoxy groups -OCH3 is 1. The number of hydrogen-bond acceptors (Lipinski definition) is 3. The second-order valence-electron chi connectivity index (χ2n) is 3.07. The normalized spacial score (nSPS) is 11.4. The van der Waals surface area contributed by atoms with E-state index in [0.717, 1.165) is 0 Å². The molecule has 0 aliphatic carbocycles. The molecular weight excluding hydrogens is 204 g/mol. The van der Waals surface area contributed by atoms with Crippen LogP contribution in [0, 0.1) is 13.8 Å². The van der Waals surface area contributed by atoms with Crippen LogP contribution in [-0.2, 0) is 10.1 Å². The first-order valence-corrected chi connectivity index (χ1v) is 5.43. The molecule has 0 fully saturated rings. The monoisotopic (exact) mass is 216 g/mol. The van der Waals surface area contributed by atoms with Crippen LogP contribution in [-0.4, -0.2) is 20.1 Å². The third-order valence-corrected chi connectivity index (χ3v) is 3.09. The summed E-state index contributed by atoms with van der Waals surface area (Å²) in [6.45, 7) is 3.22. The van der Waals surface area contributed by atoms with E-state index >= 15 is 0 Å². The van der Waals surface area contributed by atoms with Gasteiger partial charge in [-0.15, -0.1) is 0 Å². The molecule has 0 bridgehead atoms. The largest absolute Gasteiger partial charge is 0.497 e. The van der Waals surface area contributed by atoms with Gasteiger partial charge >= 0.3 is 0 Å². The van der Waals surface area contributed by atoms with Crippen molar-refractivity contribution in [1.29, 1.82) is 0 Å². The van der Waals surface area contributed by atoms with Gasteiger partial charge in [0.1, 0.15) is 5.75 Å². The molecule has 0 saturated carbocycles. The molecule has 4 nitrogen and oxygen atoms in total. The lowest BCUT2D eigenvalue weighted by molar-refractivity contribution is 0.413. The van der Waals surface area contributed by atoms with Gasteiger partial charge in [-0.3, -0.25) is 4.55 Å². The van der Waals surface area contributed by atoms with E-state index in [9.17, 15) is 8.42 Å². The summed E-state index contributed by atoms with van der Waals surface area (Å²) in [5.41, 5.74) is 0.953. The van der Waals surface area contributed by atoms with Crippen LogP contribution in [0.5, 0.6) is 5.75 Å². The van der Waals surface area contributed by atoms with Crippen LogP contribution in [0.15, 0.2) is 17.0 Å². The molecule has 0 radical (unpaired) electrons. The second kappa shape index (κ2) is 3.59. The van der Waals surface area contributed by atoms with Crippen LogP contribution >= 0.6 is 0 Å². The standard InChI is InChI=1S/C9H12O4S/c1-6-4-8(13-3)5-7(2)9(6)14(10,11)12/h4-5H,1-3H3,(H,10,11,12). The fourth-order valence-electron chi connectivity index (χ4n) is 1.44. The fourth-order valence-corrected chi connectivity index (χ4v) is 2.37. The third kappa shape index (κ3) is 2.05. The average molecular weight is 216 g/mol. The molecule has 1 aromatic carbocycles. The Balaban J connectivity index is 3.48. The molecule has 5 heteroatoms. The van der Waals surface area contributed by atoms with E-state index in [1.54, 1.807) is 26.0 Å². The molecule has 0 amide bonds. The Kier molecular flexibility index (Phi) is 2.82. The van der Waals surface area contributed by atoms with Gasteiger partial charge in [-0.05, 0) is 37.1 Å². The molecule has 1 aromatic rings. The van der Waals surface area contributed by atoms with Crippen LogP contribution in [0.2, 0.25) is 0 Å². The summed E-state index contributed by atoms with van der Waals surface area (Å²) in [7, 11) is -2.64. The maximum absolute atomic E-state index is 11.0. The zero-order valence-corrected chi connectivity index (χ0v) is 9.05. The molecule has 0 aliphatic rings. The lowest BCUT2D eigenvalue weighted by Gasteiger charge is -2.08. The van der Waals surface area contributed by atoms with Gasteiger partial charge in [0.05, 0.1) is 12.0 Å². The average Bonchev–Trinajstić information content (AvgIpc) is 1.99. The lowest BCUT2D eigenvalue weighted by Crippen LogP contribution is -2.04. The highest BCUT2D eigenvalue weighted by atomic mass is 32.2. The molecule has 14 heavy (non-hydrogen) atoms. The predicted molar refractivity (Wildman–Crippen MR) is 52.3 cm³/mol. The van der Waals surface area contributed by atoms with Gasteiger partial charge in [0.25, 0.3) is 10.1 Å². The summed E-state index contributed by atoms with van der Waals surface area (Å²) < 4.78 is 35.9. The van der Waals surface area contributed by atoms with E-state index in [1.165, 1.54) is 7.11 Å². The molecule has 0 atom stereocenters. The van der Waals surface area contributed by atoms with E-state index < -0.39 is 10.1 Å². The van der Waals surface area contributed by atoms with E-state index in [-0.39, 0.29) is 4.90 Å². The van der Waals surface area contributed by atoms with Crippen LogP contribution < -0.4 is 4.74 Å². The molecule has 0 heterocycles. The minimum absolute atomic E-state index is 0.0432. The van der Waals surface area contributed by atoms with Crippen molar-refractivity contribution in [2.75, 3.05) is 7.11 Å². The van der Waals surface area contributed by atoms with Crippen molar-refractivity contribution >= 4 is 10.1 Å². The SMILES string of the molecule is COc1cc(C)c(S(=O)(=O)O)c(C)c1. The van der Waals surface area contributed by atoms with Gasteiger partial charge in [-0.2, -0.15) is 8.42 Å². The maximum Gasteiger partial charge on any atom is 0.295 e. The highest BCUT2D eigenvalue weighted by Gasteiger charge is 2.17. The Hall–Kier alpha value is -1.07. The van der Waals surface area contributed by atoms with Crippen molar-refractivity contribution in [3.8, 4) is 5.75 Å². The van der Waals surface area contributed by atoms with Crippen LogP contribution in [0.25, 0.3) is 0 Å². The predicted octanol–water partition coefficient (Wildman–Crippen LogP) is 1.56. The van der Waals surface area contributed by atoms with Gasteiger partial charge in [-0.1, -0.05) is 0 Å². The maximum atomic E-state index is 11.0. The van der Waals surface area contributed by atoms with Crippen molar-refractivity contribution in [3.05, 3.63) is 23.3 Å². The summed E-state index contributed by atoms with van der Waals surface area (Å²) in [6, 6.07) is 3.13. The first-order valence-electron chi connectivity index (χ1n) is 3.99. The molecule has 1 N–H and O–H groups in total. The molecule has 0 aromatic heterocycles. The Morgan fingerprint density at radius 2 is 1.64 bits per heavy atom. The molecule has 0 saturated heterocycles. The van der Waals surface area contributed by atoms with Gasteiger partial charge in [0.2, 0.25) is 0 Å². The minimum Gasteiger partial charge on any atom is -0.497 e. The Morgan fingerprint density at radius 3 is 1.93 bits per heavy atom. The Bertz CT molecular complexity index is 425.